The molecule has 0 saturated heterocycles. The fourth-order valence-electron chi connectivity index (χ4n) is 2.52. The van der Waals surface area contributed by atoms with Gasteiger partial charge in [0.25, 0.3) is 0 Å². The van der Waals surface area contributed by atoms with Gasteiger partial charge in [-0.1, -0.05) is 30.3 Å². The number of nitrogens with zero attached hydrogens (tertiary/aromatic N) is 4. The SMILES string of the molecule is CN(C)C(=O)Cn1ccc(Nc2cc(NCc3ccccc3)c(C=N)cn2)n1. The van der Waals surface area contributed by atoms with Gasteiger partial charge >= 0.3 is 0 Å². The molecular formula is C20H23N7O. The lowest BCUT2D eigenvalue weighted by Gasteiger charge is -2.12. The Morgan fingerprint density at radius 1 is 1.21 bits per heavy atom. The molecule has 0 aliphatic rings. The van der Waals surface area contributed by atoms with Crippen molar-refractivity contribution in [1.29, 1.82) is 5.41 Å². The summed E-state index contributed by atoms with van der Waals surface area (Å²) >= 11 is 0. The maximum atomic E-state index is 11.8. The Bertz CT molecular complexity index is 950. The first kappa shape index (κ1) is 19.1. The van der Waals surface area contributed by atoms with Crippen LogP contribution in [-0.2, 0) is 17.9 Å². The number of pyridine rings is 1. The Morgan fingerprint density at radius 2 is 2.00 bits per heavy atom. The van der Waals surface area contributed by atoms with E-state index >= 15 is 0 Å². The smallest absolute Gasteiger partial charge is 0.243 e. The highest BCUT2D eigenvalue weighted by Gasteiger charge is 2.08. The van der Waals surface area contributed by atoms with Gasteiger partial charge in [0.2, 0.25) is 5.91 Å². The van der Waals surface area contributed by atoms with Gasteiger partial charge in [-0.25, -0.2) is 4.98 Å². The fraction of sp³-hybridized carbons (Fsp3) is 0.200. The van der Waals surface area contributed by atoms with Crippen LogP contribution in [0.2, 0.25) is 0 Å². The molecule has 3 aromatic rings. The van der Waals surface area contributed by atoms with Gasteiger partial charge < -0.3 is 20.9 Å². The van der Waals surface area contributed by atoms with Crippen LogP contribution in [0.3, 0.4) is 0 Å². The third kappa shape index (κ3) is 4.94. The predicted molar refractivity (Wildman–Crippen MR) is 110 cm³/mol. The van der Waals surface area contributed by atoms with E-state index in [2.05, 4.69) is 20.7 Å². The summed E-state index contributed by atoms with van der Waals surface area (Å²) in [7, 11) is 3.42. The Balaban J connectivity index is 1.70. The number of hydrogen-bond acceptors (Lipinski definition) is 6. The van der Waals surface area contributed by atoms with Crippen molar-refractivity contribution < 1.29 is 4.79 Å². The van der Waals surface area contributed by atoms with Crippen molar-refractivity contribution in [3.63, 3.8) is 0 Å². The van der Waals surface area contributed by atoms with Crippen LogP contribution in [0.15, 0.2) is 54.9 Å². The van der Waals surface area contributed by atoms with Crippen molar-refractivity contribution in [3.05, 3.63) is 66.0 Å². The average Bonchev–Trinajstić information content (AvgIpc) is 3.14. The summed E-state index contributed by atoms with van der Waals surface area (Å²) < 4.78 is 1.57. The monoisotopic (exact) mass is 377 g/mol. The van der Waals surface area contributed by atoms with Crippen molar-refractivity contribution in [1.82, 2.24) is 19.7 Å². The zero-order valence-corrected chi connectivity index (χ0v) is 15.9. The maximum Gasteiger partial charge on any atom is 0.243 e. The van der Waals surface area contributed by atoms with E-state index in [9.17, 15) is 4.79 Å². The molecule has 1 aromatic carbocycles. The van der Waals surface area contributed by atoms with Crippen LogP contribution in [0.1, 0.15) is 11.1 Å². The normalized spacial score (nSPS) is 10.4. The number of carbonyl (C=O) groups is 1. The number of rotatable bonds is 8. The van der Waals surface area contributed by atoms with E-state index in [0.717, 1.165) is 11.3 Å². The largest absolute Gasteiger partial charge is 0.380 e. The van der Waals surface area contributed by atoms with Crippen LogP contribution in [0.4, 0.5) is 17.3 Å². The van der Waals surface area contributed by atoms with Crippen LogP contribution >= 0.6 is 0 Å². The molecule has 3 N–H and O–H groups in total. The van der Waals surface area contributed by atoms with E-state index in [0.29, 0.717) is 23.7 Å². The second-order valence-corrected chi connectivity index (χ2v) is 6.45. The molecule has 28 heavy (non-hydrogen) atoms. The zero-order chi connectivity index (χ0) is 19.9. The van der Waals surface area contributed by atoms with Gasteiger partial charge in [0.15, 0.2) is 5.82 Å². The number of hydrogen-bond donors (Lipinski definition) is 3. The van der Waals surface area contributed by atoms with Crippen molar-refractivity contribution in [2.45, 2.75) is 13.1 Å². The van der Waals surface area contributed by atoms with Crippen molar-refractivity contribution >= 4 is 29.4 Å². The fourth-order valence-corrected chi connectivity index (χ4v) is 2.52. The van der Waals surface area contributed by atoms with Crippen LogP contribution in [0.25, 0.3) is 0 Å². The van der Waals surface area contributed by atoms with Gasteiger partial charge in [0.1, 0.15) is 12.4 Å². The molecule has 144 valence electrons. The van der Waals surface area contributed by atoms with Gasteiger partial charge in [-0.15, -0.1) is 0 Å². The minimum absolute atomic E-state index is 0.0319. The molecule has 8 nitrogen and oxygen atoms in total. The summed E-state index contributed by atoms with van der Waals surface area (Å²) in [5, 5.41) is 18.4. The van der Waals surface area contributed by atoms with E-state index in [4.69, 9.17) is 5.41 Å². The molecule has 0 aliphatic carbocycles. The molecule has 0 saturated carbocycles. The lowest BCUT2D eigenvalue weighted by molar-refractivity contribution is -0.129. The van der Waals surface area contributed by atoms with Crippen LogP contribution < -0.4 is 10.6 Å². The highest BCUT2D eigenvalue weighted by Crippen LogP contribution is 2.20. The minimum Gasteiger partial charge on any atom is -0.380 e. The number of benzene rings is 1. The molecule has 2 heterocycles. The Labute approximate surface area is 163 Å². The van der Waals surface area contributed by atoms with Gasteiger partial charge in [-0.3, -0.25) is 9.48 Å². The molecule has 8 heteroatoms. The van der Waals surface area contributed by atoms with Gasteiger partial charge in [0.05, 0.1) is 0 Å². The Morgan fingerprint density at radius 3 is 2.71 bits per heavy atom. The van der Waals surface area contributed by atoms with Crippen molar-refractivity contribution in [3.8, 4) is 0 Å². The van der Waals surface area contributed by atoms with Crippen LogP contribution in [0, 0.1) is 5.41 Å². The third-order valence-corrected chi connectivity index (χ3v) is 4.11. The molecular weight excluding hydrogens is 354 g/mol. The second-order valence-electron chi connectivity index (χ2n) is 6.45. The first-order chi connectivity index (χ1) is 13.5. The molecule has 0 unspecified atom stereocenters. The molecule has 0 radical (unpaired) electrons. The van der Waals surface area contributed by atoms with Gasteiger partial charge in [-0.2, -0.15) is 5.10 Å². The number of carbonyl (C=O) groups excluding carboxylic acids is 1. The highest BCUT2D eigenvalue weighted by molar-refractivity contribution is 5.86. The van der Waals surface area contributed by atoms with E-state index in [1.54, 1.807) is 37.2 Å². The molecule has 3 rings (SSSR count). The van der Waals surface area contributed by atoms with Crippen molar-refractivity contribution in [2.75, 3.05) is 24.7 Å². The van der Waals surface area contributed by atoms with Gasteiger partial charge in [0, 0.05) is 62.6 Å². The average molecular weight is 377 g/mol. The third-order valence-electron chi connectivity index (χ3n) is 4.11. The summed E-state index contributed by atoms with van der Waals surface area (Å²) in [5.41, 5.74) is 2.65. The molecule has 0 atom stereocenters. The maximum absolute atomic E-state index is 11.8. The number of anilines is 3. The second kappa shape index (κ2) is 8.81. The summed E-state index contributed by atoms with van der Waals surface area (Å²) in [6.45, 7) is 0.825. The molecule has 1 amide bonds. The predicted octanol–water partition coefficient (Wildman–Crippen LogP) is 2.72. The van der Waals surface area contributed by atoms with E-state index in [1.165, 1.54) is 11.1 Å². The molecule has 2 aromatic heterocycles. The standard InChI is InChI=1S/C20H23N7O/c1-26(2)20(28)14-27-9-8-18(25-27)24-19-10-17(16(11-21)13-23-19)22-12-15-6-4-3-5-7-15/h3-11,13,21H,12,14H2,1-2H3,(H2,22,23,24,25). The summed E-state index contributed by atoms with van der Waals surface area (Å²) in [4.78, 5) is 17.6. The quantitative estimate of drug-likeness (QED) is 0.524. The number of amides is 1. The molecule has 0 fully saturated rings. The minimum atomic E-state index is -0.0319. The number of aromatic nitrogens is 3. The van der Waals surface area contributed by atoms with Crippen LogP contribution in [0.5, 0.6) is 0 Å². The number of likely N-dealkylation sites (N-methyl/N-ethyl adjacent to an activating group) is 1. The summed E-state index contributed by atoms with van der Waals surface area (Å²) in [6.07, 6.45) is 4.64. The van der Waals surface area contributed by atoms with Gasteiger partial charge in [-0.05, 0) is 5.56 Å². The van der Waals surface area contributed by atoms with Crippen LogP contribution in [-0.4, -0.2) is 45.9 Å². The highest BCUT2D eigenvalue weighted by atomic mass is 16.2. The number of nitrogens with one attached hydrogen (secondary N) is 3. The lowest BCUT2D eigenvalue weighted by Crippen LogP contribution is -2.26. The summed E-state index contributed by atoms with van der Waals surface area (Å²) in [6, 6.07) is 13.7. The van der Waals surface area contributed by atoms with E-state index < -0.39 is 0 Å². The first-order valence-corrected chi connectivity index (χ1v) is 8.84. The lowest BCUT2D eigenvalue weighted by atomic mass is 10.2. The first-order valence-electron chi connectivity index (χ1n) is 8.84. The summed E-state index contributed by atoms with van der Waals surface area (Å²) in [5.74, 6) is 1.16. The molecule has 0 spiro atoms. The zero-order valence-electron chi connectivity index (χ0n) is 15.9. The van der Waals surface area contributed by atoms with Crippen molar-refractivity contribution in [2.24, 2.45) is 0 Å². The topological polar surface area (TPSA) is 98.9 Å². The molecule has 0 bridgehead atoms. The van der Waals surface area contributed by atoms with E-state index in [1.807, 2.05) is 36.4 Å². The van der Waals surface area contributed by atoms with E-state index in [-0.39, 0.29) is 12.5 Å². The Kier molecular flexibility index (Phi) is 6.01. The Hall–Kier alpha value is -3.68. The molecule has 0 aliphatic heterocycles.